The van der Waals surface area contributed by atoms with E-state index in [-0.39, 0.29) is 17.9 Å². The first-order chi connectivity index (χ1) is 10.9. The van der Waals surface area contributed by atoms with Crippen LogP contribution in [0, 0.1) is 5.92 Å². The molecule has 2 N–H and O–H groups in total. The number of aryl methyl sites for hydroxylation is 1. The summed E-state index contributed by atoms with van der Waals surface area (Å²) >= 11 is 0. The number of nitrogens with one attached hydrogen (secondary N) is 2. The van der Waals surface area contributed by atoms with Crippen molar-refractivity contribution in [3.8, 4) is 0 Å². The van der Waals surface area contributed by atoms with Crippen molar-refractivity contribution in [3.05, 3.63) is 11.9 Å². The third kappa shape index (κ3) is 4.71. The third-order valence-electron chi connectivity index (χ3n) is 4.26. The first-order valence-corrected chi connectivity index (χ1v) is 8.20. The minimum absolute atomic E-state index is 0.131. The number of likely N-dealkylation sites (tertiary alicyclic amines) is 1. The van der Waals surface area contributed by atoms with Crippen LogP contribution in [0.25, 0.3) is 0 Å². The van der Waals surface area contributed by atoms with Crippen molar-refractivity contribution < 1.29 is 9.59 Å². The lowest BCUT2D eigenvalue weighted by Gasteiger charge is -2.31. The molecule has 7 nitrogen and oxygen atoms in total. The minimum Gasteiger partial charge on any atom is -0.343 e. The molecule has 128 valence electrons. The van der Waals surface area contributed by atoms with Crippen LogP contribution in [0.3, 0.4) is 0 Å². The summed E-state index contributed by atoms with van der Waals surface area (Å²) in [6.45, 7) is 7.90. The van der Waals surface area contributed by atoms with E-state index in [1.165, 1.54) is 0 Å². The summed E-state index contributed by atoms with van der Waals surface area (Å²) in [7, 11) is 1.85. The molecule has 0 aliphatic carbocycles. The Morgan fingerprint density at radius 2 is 2.00 bits per heavy atom. The zero-order chi connectivity index (χ0) is 17.0. The van der Waals surface area contributed by atoms with Crippen LogP contribution < -0.4 is 10.6 Å². The van der Waals surface area contributed by atoms with Crippen molar-refractivity contribution in [2.45, 2.75) is 39.5 Å². The Kier molecular flexibility index (Phi) is 5.63. The molecular formula is C16H27N5O2. The number of nitrogens with zero attached hydrogens (tertiary/aromatic N) is 3. The summed E-state index contributed by atoms with van der Waals surface area (Å²) in [6, 6.07) is -0.200. The lowest BCUT2D eigenvalue weighted by Crippen LogP contribution is -2.41. The molecule has 1 fully saturated rings. The summed E-state index contributed by atoms with van der Waals surface area (Å²) in [6.07, 6.45) is 3.69. The van der Waals surface area contributed by atoms with E-state index in [4.69, 9.17) is 0 Å². The molecule has 0 aromatic carbocycles. The molecule has 2 heterocycles. The highest BCUT2D eigenvalue weighted by Gasteiger charge is 2.21. The predicted molar refractivity (Wildman–Crippen MR) is 89.3 cm³/mol. The average molecular weight is 321 g/mol. The molecule has 1 aromatic heterocycles. The zero-order valence-corrected chi connectivity index (χ0v) is 14.4. The van der Waals surface area contributed by atoms with Gasteiger partial charge in [0, 0.05) is 39.8 Å². The average Bonchev–Trinajstić information content (AvgIpc) is 2.86. The van der Waals surface area contributed by atoms with Crippen molar-refractivity contribution in [2.24, 2.45) is 13.0 Å². The molecule has 0 atom stereocenters. The maximum atomic E-state index is 12.1. The molecule has 3 amide bonds. The number of amides is 3. The first-order valence-electron chi connectivity index (χ1n) is 8.20. The van der Waals surface area contributed by atoms with E-state index in [1.807, 2.05) is 32.0 Å². The third-order valence-corrected chi connectivity index (χ3v) is 4.26. The lowest BCUT2D eigenvalue weighted by molar-refractivity contribution is -0.130. The van der Waals surface area contributed by atoms with Gasteiger partial charge in [0.2, 0.25) is 5.91 Å². The van der Waals surface area contributed by atoms with E-state index in [9.17, 15) is 9.59 Å². The largest absolute Gasteiger partial charge is 0.343 e. The number of hydrogen-bond donors (Lipinski definition) is 2. The van der Waals surface area contributed by atoms with Gasteiger partial charge in [-0.05, 0) is 24.7 Å². The molecule has 0 radical (unpaired) electrons. The number of carbonyl (C=O) groups is 2. The second-order valence-electron chi connectivity index (χ2n) is 6.54. The number of hydrogen-bond acceptors (Lipinski definition) is 3. The van der Waals surface area contributed by atoms with E-state index in [0.29, 0.717) is 12.5 Å². The van der Waals surface area contributed by atoms with Gasteiger partial charge >= 0.3 is 6.03 Å². The van der Waals surface area contributed by atoms with Crippen LogP contribution in [0.2, 0.25) is 0 Å². The Morgan fingerprint density at radius 3 is 2.57 bits per heavy atom. The van der Waals surface area contributed by atoms with Crippen LogP contribution in [-0.2, 0) is 11.8 Å². The second-order valence-corrected chi connectivity index (χ2v) is 6.54. The molecule has 1 saturated heterocycles. The zero-order valence-electron chi connectivity index (χ0n) is 14.4. The highest BCUT2D eigenvalue weighted by atomic mass is 16.2. The van der Waals surface area contributed by atoms with E-state index in [1.54, 1.807) is 11.6 Å². The number of aromatic nitrogens is 2. The van der Waals surface area contributed by atoms with Gasteiger partial charge in [-0.3, -0.25) is 9.48 Å². The summed E-state index contributed by atoms with van der Waals surface area (Å²) in [5.74, 6) is 0.809. The molecule has 0 unspecified atom stereocenters. The Balaban J connectivity index is 1.79. The van der Waals surface area contributed by atoms with Gasteiger partial charge in [0.25, 0.3) is 0 Å². The molecule has 1 aliphatic rings. The number of urea groups is 1. The molecule has 0 saturated carbocycles. The number of piperidine rings is 1. The molecular weight excluding hydrogens is 294 g/mol. The smallest absolute Gasteiger partial charge is 0.319 e. The van der Waals surface area contributed by atoms with Crippen molar-refractivity contribution in [1.82, 2.24) is 20.0 Å². The monoisotopic (exact) mass is 321 g/mol. The van der Waals surface area contributed by atoms with Crippen LogP contribution in [0.5, 0.6) is 0 Å². The van der Waals surface area contributed by atoms with E-state index in [0.717, 1.165) is 37.3 Å². The molecule has 7 heteroatoms. The summed E-state index contributed by atoms with van der Waals surface area (Å²) in [4.78, 5) is 25.3. The van der Waals surface area contributed by atoms with Crippen LogP contribution in [0.4, 0.5) is 10.5 Å². The molecule has 2 rings (SSSR count). The van der Waals surface area contributed by atoms with Crippen molar-refractivity contribution in [1.29, 1.82) is 0 Å². The predicted octanol–water partition coefficient (Wildman–Crippen LogP) is 1.92. The van der Waals surface area contributed by atoms with Gasteiger partial charge in [0.1, 0.15) is 0 Å². The molecule has 1 aliphatic heterocycles. The molecule has 0 spiro atoms. The SMILES string of the molecule is CC(=O)N1CCC(CNC(=O)Nc2cn(C)nc2C(C)C)CC1. The summed E-state index contributed by atoms with van der Waals surface area (Å²) in [5, 5.41) is 10.2. The molecule has 1 aromatic rings. The topological polar surface area (TPSA) is 79.3 Å². The van der Waals surface area contributed by atoms with Crippen LogP contribution in [-0.4, -0.2) is 46.3 Å². The Bertz CT molecular complexity index is 559. The highest BCUT2D eigenvalue weighted by molar-refractivity contribution is 5.89. The van der Waals surface area contributed by atoms with Gasteiger partial charge < -0.3 is 15.5 Å². The van der Waals surface area contributed by atoms with Gasteiger partial charge in [-0.15, -0.1) is 0 Å². The van der Waals surface area contributed by atoms with E-state index < -0.39 is 0 Å². The normalized spacial score (nSPS) is 15.8. The van der Waals surface area contributed by atoms with Gasteiger partial charge in [0.15, 0.2) is 0 Å². The summed E-state index contributed by atoms with van der Waals surface area (Å²) in [5.41, 5.74) is 1.64. The standard InChI is InChI=1S/C16H27N5O2/c1-11(2)15-14(10-20(4)19-15)18-16(23)17-9-13-5-7-21(8-6-13)12(3)22/h10-11,13H,5-9H2,1-4H3,(H2,17,18,23). The Hall–Kier alpha value is -2.05. The molecule has 23 heavy (non-hydrogen) atoms. The van der Waals surface area contributed by atoms with Gasteiger partial charge in [-0.2, -0.15) is 5.10 Å². The quantitative estimate of drug-likeness (QED) is 0.889. The maximum absolute atomic E-state index is 12.1. The first kappa shape index (κ1) is 17.3. The van der Waals surface area contributed by atoms with Gasteiger partial charge in [0.05, 0.1) is 11.4 Å². The van der Waals surface area contributed by atoms with Crippen LogP contribution in [0.15, 0.2) is 6.20 Å². The second kappa shape index (κ2) is 7.48. The lowest BCUT2D eigenvalue weighted by atomic mass is 9.97. The van der Waals surface area contributed by atoms with Crippen LogP contribution in [0.1, 0.15) is 45.2 Å². The van der Waals surface area contributed by atoms with E-state index >= 15 is 0 Å². The van der Waals surface area contributed by atoms with E-state index in [2.05, 4.69) is 15.7 Å². The Morgan fingerprint density at radius 1 is 1.35 bits per heavy atom. The number of rotatable bonds is 4. The van der Waals surface area contributed by atoms with Crippen molar-refractivity contribution in [2.75, 3.05) is 25.0 Å². The fourth-order valence-electron chi connectivity index (χ4n) is 2.88. The van der Waals surface area contributed by atoms with Gasteiger partial charge in [-0.25, -0.2) is 4.79 Å². The number of carbonyl (C=O) groups excluding carboxylic acids is 2. The molecule has 0 bridgehead atoms. The maximum Gasteiger partial charge on any atom is 0.319 e. The van der Waals surface area contributed by atoms with Crippen LogP contribution >= 0.6 is 0 Å². The summed E-state index contributed by atoms with van der Waals surface area (Å²) < 4.78 is 1.71. The fourth-order valence-corrected chi connectivity index (χ4v) is 2.88. The Labute approximate surface area is 137 Å². The van der Waals surface area contributed by atoms with Crippen molar-refractivity contribution in [3.63, 3.8) is 0 Å². The minimum atomic E-state index is -0.200. The van der Waals surface area contributed by atoms with Crippen molar-refractivity contribution >= 4 is 17.6 Å². The number of anilines is 1. The van der Waals surface area contributed by atoms with Gasteiger partial charge in [-0.1, -0.05) is 13.8 Å². The fraction of sp³-hybridized carbons (Fsp3) is 0.688. The highest BCUT2D eigenvalue weighted by Crippen LogP contribution is 2.22.